The van der Waals surface area contributed by atoms with Crippen molar-refractivity contribution in [2.24, 2.45) is 5.73 Å². The quantitative estimate of drug-likeness (QED) is 0.186. The van der Waals surface area contributed by atoms with Gasteiger partial charge in [-0.05, 0) is 72.9 Å². The van der Waals surface area contributed by atoms with Gasteiger partial charge in [0.1, 0.15) is 0 Å². The minimum absolute atomic E-state index is 0.0608. The van der Waals surface area contributed by atoms with Gasteiger partial charge in [-0.2, -0.15) is 0 Å². The molecule has 0 saturated heterocycles. The molecule has 1 aromatic heterocycles. The van der Waals surface area contributed by atoms with Crippen molar-refractivity contribution in [3.8, 4) is 22.3 Å². The summed E-state index contributed by atoms with van der Waals surface area (Å²) in [4.78, 5) is 25.5. The lowest BCUT2D eigenvalue weighted by Gasteiger charge is -2.13. The van der Waals surface area contributed by atoms with Crippen molar-refractivity contribution in [1.29, 1.82) is 0 Å². The first-order valence-corrected chi connectivity index (χ1v) is 13.3. The molecule has 2 amide bonds. The van der Waals surface area contributed by atoms with Crippen LogP contribution in [0, 0.1) is 13.8 Å². The molecule has 5 rings (SSSR count). The summed E-state index contributed by atoms with van der Waals surface area (Å²) in [6.45, 7) is 6.88. The number of hydrogen-bond donors (Lipinski definition) is 4. The highest BCUT2D eigenvalue weighted by Crippen LogP contribution is 2.38. The Labute approximate surface area is 234 Å². The summed E-state index contributed by atoms with van der Waals surface area (Å²) in [6, 6.07) is 27.0. The number of H-pyrrole nitrogens is 1. The Hall–Kier alpha value is -4.46. The smallest absolute Gasteiger partial charge is 0.250 e. The maximum Gasteiger partial charge on any atom is 0.250 e. The van der Waals surface area contributed by atoms with Crippen LogP contribution in [0.25, 0.3) is 44.1 Å². The maximum atomic E-state index is 12.4. The van der Waals surface area contributed by atoms with E-state index in [1.165, 1.54) is 16.7 Å². The van der Waals surface area contributed by atoms with E-state index in [2.05, 4.69) is 78.7 Å². The fourth-order valence-electron chi connectivity index (χ4n) is 4.90. The second-order valence-electron chi connectivity index (χ2n) is 9.63. The molecule has 0 radical (unpaired) electrons. The van der Waals surface area contributed by atoms with Gasteiger partial charge in [-0.15, -0.1) is 0 Å². The third-order valence-electron chi connectivity index (χ3n) is 6.84. The molecule has 1 atom stereocenters. The zero-order chi connectivity index (χ0) is 28.6. The largest absolute Gasteiger partial charge is 0.394 e. The number of hydrogen-bond acceptors (Lipinski definition) is 4. The number of primary amides is 1. The zero-order valence-corrected chi connectivity index (χ0v) is 23.0. The minimum atomic E-state index is -0.432. The molecule has 1 unspecified atom stereocenters. The first-order chi connectivity index (χ1) is 19.4. The Bertz CT molecular complexity index is 1640. The number of nitrogens with one attached hydrogen (secondary N) is 2. The Morgan fingerprint density at radius 1 is 0.975 bits per heavy atom. The fraction of sp³-hybridized carbons (Fsp3) is 0.212. The van der Waals surface area contributed by atoms with E-state index < -0.39 is 5.91 Å². The predicted octanol–water partition coefficient (Wildman–Crippen LogP) is 5.50. The summed E-state index contributed by atoms with van der Waals surface area (Å²) in [6.07, 6.45) is 0.317. The summed E-state index contributed by atoms with van der Waals surface area (Å²) in [7, 11) is 0. The second-order valence-corrected chi connectivity index (χ2v) is 9.63. The topological polar surface area (TPSA) is 117 Å². The van der Waals surface area contributed by atoms with Gasteiger partial charge in [0.05, 0.1) is 23.8 Å². The minimum Gasteiger partial charge on any atom is -0.394 e. The predicted molar refractivity (Wildman–Crippen MR) is 161 cm³/mol. The molecule has 7 nitrogen and oxygen atoms in total. The number of aromatic nitrogens is 1. The van der Waals surface area contributed by atoms with Crippen LogP contribution in [0.15, 0.2) is 78.9 Å². The van der Waals surface area contributed by atoms with Crippen molar-refractivity contribution in [2.75, 3.05) is 19.8 Å². The Kier molecular flexibility index (Phi) is 9.32. The van der Waals surface area contributed by atoms with Crippen molar-refractivity contribution in [1.82, 2.24) is 10.3 Å². The third kappa shape index (κ3) is 6.22. The van der Waals surface area contributed by atoms with Crippen LogP contribution in [0.4, 0.5) is 0 Å². The number of amides is 2. The van der Waals surface area contributed by atoms with Crippen LogP contribution in [0.2, 0.25) is 0 Å². The molecule has 0 bridgehead atoms. The number of nitrogens with two attached hydrogens (primary N) is 1. The highest BCUT2D eigenvalue weighted by Gasteiger charge is 2.17. The number of aromatic amines is 1. The molecule has 206 valence electrons. The molecule has 0 aliphatic carbocycles. The molecular weight excluding hydrogens is 502 g/mol. The first-order valence-electron chi connectivity index (χ1n) is 13.3. The summed E-state index contributed by atoms with van der Waals surface area (Å²) < 4.78 is 5.02. The molecule has 40 heavy (non-hydrogen) atoms. The van der Waals surface area contributed by atoms with Gasteiger partial charge < -0.3 is 25.9 Å². The Balaban J connectivity index is 0.000000318. The normalized spacial score (nSPS) is 11.6. The lowest BCUT2D eigenvalue weighted by Crippen LogP contribution is -2.31. The van der Waals surface area contributed by atoms with Gasteiger partial charge in [-0.3, -0.25) is 9.59 Å². The molecule has 5 N–H and O–H groups in total. The van der Waals surface area contributed by atoms with Crippen molar-refractivity contribution < 1.29 is 19.4 Å². The molecule has 4 aromatic carbocycles. The third-order valence-corrected chi connectivity index (χ3v) is 6.84. The van der Waals surface area contributed by atoms with Gasteiger partial charge in [0.25, 0.3) is 5.91 Å². The number of aryl methyl sites for hydroxylation is 2. The summed E-state index contributed by atoms with van der Waals surface area (Å²) in [5, 5.41) is 13.1. The molecule has 0 spiro atoms. The number of fused-ring (bicyclic) bond motifs is 3. The van der Waals surface area contributed by atoms with Gasteiger partial charge >= 0.3 is 0 Å². The molecule has 0 aliphatic rings. The number of aliphatic hydroxyl groups excluding tert-OH is 1. The van der Waals surface area contributed by atoms with Crippen molar-refractivity contribution in [3.05, 3.63) is 95.6 Å². The van der Waals surface area contributed by atoms with Gasteiger partial charge in [0.2, 0.25) is 6.41 Å². The molecule has 0 saturated carbocycles. The molecule has 0 aliphatic heterocycles. The SMILES string of the molecule is CCOC(CO)CNC=O.Cc1ccc2[nH]c3c(C(N)=O)cc(-c4ccccc4-c4ccccc4C)cc3c2c1. The first kappa shape index (κ1) is 28.5. The highest BCUT2D eigenvalue weighted by molar-refractivity contribution is 6.16. The standard InChI is InChI=1S/C27H22N2O.C6H13NO3/c1-16-11-12-25-22(13-16)23-14-18(15-24(27(28)30)26(23)29-25)20-9-5-6-10-21(20)19-8-4-3-7-17(19)2;1-2-10-6(4-8)3-7-5-9/h3-15,29H,1-2H3,(H2,28,30);5-6,8H,2-4H2,1H3,(H,7,9). The van der Waals surface area contributed by atoms with E-state index in [0.717, 1.165) is 38.5 Å². The average Bonchev–Trinajstić information content (AvgIpc) is 3.33. The van der Waals surface area contributed by atoms with E-state index in [1.54, 1.807) is 0 Å². The van der Waals surface area contributed by atoms with E-state index in [1.807, 2.05) is 31.2 Å². The number of carbonyl (C=O) groups is 2. The van der Waals surface area contributed by atoms with Crippen LogP contribution in [0.1, 0.15) is 28.4 Å². The van der Waals surface area contributed by atoms with E-state index in [9.17, 15) is 9.59 Å². The number of carbonyl (C=O) groups excluding carboxylic acids is 2. The number of aliphatic hydroxyl groups is 1. The molecular formula is C33H35N3O4. The van der Waals surface area contributed by atoms with Crippen molar-refractivity contribution in [3.63, 3.8) is 0 Å². The van der Waals surface area contributed by atoms with Gasteiger partial charge in [-0.25, -0.2) is 0 Å². The Morgan fingerprint density at radius 2 is 1.68 bits per heavy atom. The van der Waals surface area contributed by atoms with Gasteiger partial charge in [0, 0.05) is 29.4 Å². The molecule has 5 aromatic rings. The lowest BCUT2D eigenvalue weighted by molar-refractivity contribution is -0.110. The molecule has 7 heteroatoms. The van der Waals surface area contributed by atoms with E-state index in [-0.39, 0.29) is 12.7 Å². The van der Waals surface area contributed by atoms with Crippen molar-refractivity contribution in [2.45, 2.75) is 26.9 Å². The molecule has 0 fully saturated rings. The Morgan fingerprint density at radius 3 is 2.33 bits per heavy atom. The van der Waals surface area contributed by atoms with Crippen molar-refractivity contribution >= 4 is 34.1 Å². The summed E-state index contributed by atoms with van der Waals surface area (Å²) in [5.74, 6) is -0.432. The number of rotatable bonds is 9. The number of benzene rings is 4. The second kappa shape index (κ2) is 13.1. The van der Waals surface area contributed by atoms with Gasteiger partial charge in [0.15, 0.2) is 0 Å². The zero-order valence-electron chi connectivity index (χ0n) is 23.0. The van der Waals surface area contributed by atoms with Crippen LogP contribution in [0.3, 0.4) is 0 Å². The van der Waals surface area contributed by atoms with E-state index in [4.69, 9.17) is 15.6 Å². The van der Waals surface area contributed by atoms with E-state index >= 15 is 0 Å². The molecule has 1 heterocycles. The summed E-state index contributed by atoms with van der Waals surface area (Å²) >= 11 is 0. The number of ether oxygens (including phenoxy) is 1. The lowest BCUT2D eigenvalue weighted by atomic mass is 9.90. The monoisotopic (exact) mass is 537 g/mol. The van der Waals surface area contributed by atoms with Crippen LogP contribution in [-0.4, -0.2) is 48.3 Å². The maximum absolute atomic E-state index is 12.4. The van der Waals surface area contributed by atoms with Crippen LogP contribution < -0.4 is 11.1 Å². The van der Waals surface area contributed by atoms with Crippen LogP contribution in [-0.2, 0) is 9.53 Å². The van der Waals surface area contributed by atoms with E-state index in [0.29, 0.717) is 25.1 Å². The van der Waals surface area contributed by atoms with Gasteiger partial charge in [-0.1, -0.05) is 60.2 Å². The highest BCUT2D eigenvalue weighted by atomic mass is 16.5. The fourth-order valence-corrected chi connectivity index (χ4v) is 4.90. The average molecular weight is 538 g/mol. The summed E-state index contributed by atoms with van der Waals surface area (Å²) in [5.41, 5.74) is 14.9. The van der Waals surface area contributed by atoms with Crippen LogP contribution >= 0.6 is 0 Å². The van der Waals surface area contributed by atoms with Crippen LogP contribution in [0.5, 0.6) is 0 Å².